The summed E-state index contributed by atoms with van der Waals surface area (Å²) in [6.07, 6.45) is -0.894. The summed E-state index contributed by atoms with van der Waals surface area (Å²) in [7, 11) is 1.78. The molecule has 0 aromatic rings. The van der Waals surface area contributed by atoms with E-state index in [-0.39, 0.29) is 11.9 Å². The van der Waals surface area contributed by atoms with Gasteiger partial charge in [-0.05, 0) is 33.4 Å². The second-order valence-corrected chi connectivity index (χ2v) is 3.50. The number of rotatable bonds is 0. The Morgan fingerprint density at radius 2 is 2.00 bits per heavy atom. The van der Waals surface area contributed by atoms with Crippen molar-refractivity contribution in [3.05, 3.63) is 11.1 Å². The van der Waals surface area contributed by atoms with Crippen LogP contribution in [0, 0.1) is 0 Å². The molecule has 0 aromatic carbocycles. The van der Waals surface area contributed by atoms with Crippen molar-refractivity contribution in [3.63, 3.8) is 0 Å². The highest BCUT2D eigenvalue weighted by atomic mass is 16.3. The Labute approximate surface area is 78.2 Å². The van der Waals surface area contributed by atoms with Crippen molar-refractivity contribution >= 4 is 5.91 Å². The molecule has 1 amide bonds. The second-order valence-electron chi connectivity index (χ2n) is 3.50. The zero-order chi connectivity index (χ0) is 10.2. The van der Waals surface area contributed by atoms with Gasteiger partial charge in [0.25, 0.3) is 0 Å². The summed E-state index contributed by atoms with van der Waals surface area (Å²) in [5, 5.41) is 12.0. The van der Waals surface area contributed by atoms with Crippen molar-refractivity contribution in [1.82, 2.24) is 10.2 Å². The van der Waals surface area contributed by atoms with E-state index in [4.69, 9.17) is 0 Å². The lowest BCUT2D eigenvalue weighted by molar-refractivity contribution is -0.123. The van der Waals surface area contributed by atoms with Gasteiger partial charge in [0.2, 0.25) is 5.91 Å². The summed E-state index contributed by atoms with van der Waals surface area (Å²) >= 11 is 0. The SMILES string of the molecule is CC1=C(C)C(C)N(C)C(O)NC1=O. The fourth-order valence-electron chi connectivity index (χ4n) is 1.34. The predicted molar refractivity (Wildman–Crippen MR) is 49.7 cm³/mol. The van der Waals surface area contributed by atoms with Crippen LogP contribution in [0.5, 0.6) is 0 Å². The quantitative estimate of drug-likeness (QED) is 0.559. The number of likely N-dealkylation sites (N-methyl/N-ethyl adjacent to an activating group) is 1. The summed E-state index contributed by atoms with van der Waals surface area (Å²) < 4.78 is 0. The molecule has 0 spiro atoms. The number of hydrogen-bond acceptors (Lipinski definition) is 3. The first kappa shape index (κ1) is 10.2. The van der Waals surface area contributed by atoms with Gasteiger partial charge < -0.3 is 10.4 Å². The number of aliphatic hydroxyl groups excluding tert-OH is 1. The van der Waals surface area contributed by atoms with Gasteiger partial charge in [-0.1, -0.05) is 0 Å². The van der Waals surface area contributed by atoms with Crippen LogP contribution in [0.25, 0.3) is 0 Å². The highest BCUT2D eigenvalue weighted by Crippen LogP contribution is 2.17. The van der Waals surface area contributed by atoms with Crippen LogP contribution < -0.4 is 5.32 Å². The molecule has 0 saturated heterocycles. The minimum atomic E-state index is -0.894. The first-order chi connectivity index (χ1) is 5.95. The van der Waals surface area contributed by atoms with Crippen LogP contribution in [-0.4, -0.2) is 35.4 Å². The third-order valence-corrected chi connectivity index (χ3v) is 2.82. The summed E-state index contributed by atoms with van der Waals surface area (Å²) in [5.41, 5.74) is 1.69. The highest BCUT2D eigenvalue weighted by Gasteiger charge is 2.26. The number of amides is 1. The Morgan fingerprint density at radius 1 is 1.46 bits per heavy atom. The standard InChI is InChI=1S/C9H16N2O2/c1-5-6(2)8(12)10-9(13)11(4)7(5)3/h7,9,13H,1-4H3,(H,10,12). The van der Waals surface area contributed by atoms with Crippen molar-refractivity contribution in [2.75, 3.05) is 7.05 Å². The Kier molecular flexibility index (Phi) is 2.73. The molecule has 0 aliphatic carbocycles. The van der Waals surface area contributed by atoms with Crippen LogP contribution in [0.3, 0.4) is 0 Å². The molecule has 2 atom stereocenters. The van der Waals surface area contributed by atoms with Crippen LogP contribution in [0.15, 0.2) is 11.1 Å². The van der Waals surface area contributed by atoms with Gasteiger partial charge in [0.15, 0.2) is 6.35 Å². The maximum absolute atomic E-state index is 11.4. The van der Waals surface area contributed by atoms with Crippen molar-refractivity contribution in [2.24, 2.45) is 0 Å². The summed E-state index contributed by atoms with van der Waals surface area (Å²) in [6, 6.07) is 0.0777. The fourth-order valence-corrected chi connectivity index (χ4v) is 1.34. The molecule has 13 heavy (non-hydrogen) atoms. The van der Waals surface area contributed by atoms with Crippen LogP contribution in [-0.2, 0) is 4.79 Å². The van der Waals surface area contributed by atoms with Crippen molar-refractivity contribution in [1.29, 1.82) is 0 Å². The molecule has 0 bridgehead atoms. The molecule has 2 N–H and O–H groups in total. The largest absolute Gasteiger partial charge is 0.361 e. The Hall–Kier alpha value is -0.870. The van der Waals surface area contributed by atoms with Gasteiger partial charge in [-0.25, -0.2) is 0 Å². The van der Waals surface area contributed by atoms with E-state index >= 15 is 0 Å². The molecule has 2 unspecified atom stereocenters. The fraction of sp³-hybridized carbons (Fsp3) is 0.667. The van der Waals surface area contributed by atoms with E-state index < -0.39 is 6.35 Å². The van der Waals surface area contributed by atoms with E-state index in [2.05, 4.69) is 5.32 Å². The van der Waals surface area contributed by atoms with E-state index in [0.29, 0.717) is 5.57 Å². The van der Waals surface area contributed by atoms with Gasteiger partial charge in [0.05, 0.1) is 0 Å². The number of carbonyl (C=O) groups is 1. The van der Waals surface area contributed by atoms with Gasteiger partial charge >= 0.3 is 0 Å². The number of hydrogen-bond donors (Lipinski definition) is 2. The number of nitrogens with one attached hydrogen (secondary N) is 1. The van der Waals surface area contributed by atoms with E-state index in [0.717, 1.165) is 5.57 Å². The third kappa shape index (κ3) is 1.73. The monoisotopic (exact) mass is 184 g/mol. The minimum Gasteiger partial charge on any atom is -0.361 e. The maximum Gasteiger partial charge on any atom is 0.249 e. The van der Waals surface area contributed by atoms with E-state index in [1.54, 1.807) is 18.9 Å². The van der Waals surface area contributed by atoms with E-state index in [9.17, 15) is 9.90 Å². The van der Waals surface area contributed by atoms with Crippen LogP contribution in [0.2, 0.25) is 0 Å². The number of aliphatic hydroxyl groups is 1. The van der Waals surface area contributed by atoms with Gasteiger partial charge in [-0.15, -0.1) is 0 Å². The summed E-state index contributed by atoms with van der Waals surface area (Å²) in [6.45, 7) is 5.64. The molecule has 0 saturated carbocycles. The smallest absolute Gasteiger partial charge is 0.249 e. The topological polar surface area (TPSA) is 52.6 Å². The Balaban J connectivity index is 3.04. The molecule has 4 nitrogen and oxygen atoms in total. The summed E-state index contributed by atoms with van der Waals surface area (Å²) in [4.78, 5) is 13.1. The number of carbonyl (C=O) groups excluding carboxylic acids is 1. The zero-order valence-electron chi connectivity index (χ0n) is 8.46. The predicted octanol–water partition coefficient (Wildman–Crippen LogP) is 0.0488. The minimum absolute atomic E-state index is 0.0777. The third-order valence-electron chi connectivity index (χ3n) is 2.82. The van der Waals surface area contributed by atoms with Gasteiger partial charge in [-0.3, -0.25) is 9.69 Å². The Morgan fingerprint density at radius 3 is 2.54 bits per heavy atom. The van der Waals surface area contributed by atoms with Crippen LogP contribution in [0.4, 0.5) is 0 Å². The second kappa shape index (κ2) is 3.47. The molecule has 1 aliphatic heterocycles. The van der Waals surface area contributed by atoms with Crippen molar-refractivity contribution in [2.45, 2.75) is 33.2 Å². The molecule has 74 valence electrons. The molecule has 0 aromatic heterocycles. The molecule has 0 fully saturated rings. The molecule has 1 rings (SSSR count). The lowest BCUT2D eigenvalue weighted by atomic mass is 10.0. The highest BCUT2D eigenvalue weighted by molar-refractivity contribution is 5.94. The van der Waals surface area contributed by atoms with Gasteiger partial charge in [0, 0.05) is 11.6 Å². The van der Waals surface area contributed by atoms with Gasteiger partial charge in [-0.2, -0.15) is 0 Å². The zero-order valence-corrected chi connectivity index (χ0v) is 8.46. The van der Waals surface area contributed by atoms with Crippen LogP contribution >= 0.6 is 0 Å². The van der Waals surface area contributed by atoms with E-state index in [1.165, 1.54) is 0 Å². The lowest BCUT2D eigenvalue weighted by Crippen LogP contribution is -2.47. The summed E-state index contributed by atoms with van der Waals surface area (Å²) in [5.74, 6) is -0.193. The van der Waals surface area contributed by atoms with Gasteiger partial charge in [0.1, 0.15) is 0 Å². The molecule has 1 aliphatic rings. The average Bonchev–Trinajstić information content (AvgIpc) is 2.15. The Bertz CT molecular complexity index is 260. The van der Waals surface area contributed by atoms with E-state index in [1.807, 2.05) is 13.8 Å². The first-order valence-corrected chi connectivity index (χ1v) is 4.33. The normalized spacial score (nSPS) is 31.6. The average molecular weight is 184 g/mol. The van der Waals surface area contributed by atoms with Crippen molar-refractivity contribution < 1.29 is 9.90 Å². The van der Waals surface area contributed by atoms with Crippen molar-refractivity contribution in [3.8, 4) is 0 Å². The maximum atomic E-state index is 11.4. The first-order valence-electron chi connectivity index (χ1n) is 4.33. The molecular formula is C9H16N2O2. The molecule has 0 radical (unpaired) electrons. The van der Waals surface area contributed by atoms with Crippen LogP contribution in [0.1, 0.15) is 20.8 Å². The molecule has 1 heterocycles. The number of nitrogens with zero attached hydrogens (tertiary/aromatic N) is 1. The molecule has 4 heteroatoms. The molecular weight excluding hydrogens is 168 g/mol. The lowest BCUT2D eigenvalue weighted by Gasteiger charge is -2.27.